The van der Waals surface area contributed by atoms with Gasteiger partial charge in [0.1, 0.15) is 11.5 Å². The zero-order valence-corrected chi connectivity index (χ0v) is 31.3. The van der Waals surface area contributed by atoms with Crippen molar-refractivity contribution in [1.29, 1.82) is 0 Å². The summed E-state index contributed by atoms with van der Waals surface area (Å²) in [6.07, 6.45) is 13.8. The maximum absolute atomic E-state index is 5.89. The molecule has 0 amide bonds. The number of hydrogen-bond donors (Lipinski definition) is 0. The standard InChI is InChI=1S/C50H54O2/c1-3-5-7-9-38-51-49-34-30-45(31-35-49)24-22-41-14-18-43(19-15-41)26-28-47-12-11-13-48(40-47)29-27-44-20-16-42(17-21-44)23-25-46-32-36-50(37-33-46)52-39-10-8-6-4-2/h11-21,30-37,40H,3-10,22-25,38-39H2,1-2H3. The van der Waals surface area contributed by atoms with Crippen molar-refractivity contribution in [3.8, 4) is 35.2 Å². The van der Waals surface area contributed by atoms with Gasteiger partial charge in [-0.3, -0.25) is 0 Å². The van der Waals surface area contributed by atoms with E-state index in [9.17, 15) is 0 Å². The summed E-state index contributed by atoms with van der Waals surface area (Å²) in [7, 11) is 0. The quantitative estimate of drug-likeness (QED) is 0.0675. The molecule has 0 aromatic heterocycles. The molecule has 5 aromatic carbocycles. The molecule has 266 valence electrons. The summed E-state index contributed by atoms with van der Waals surface area (Å²) >= 11 is 0. The van der Waals surface area contributed by atoms with Crippen molar-refractivity contribution in [2.24, 2.45) is 0 Å². The molecule has 5 aromatic rings. The van der Waals surface area contributed by atoms with Gasteiger partial charge < -0.3 is 9.47 Å². The van der Waals surface area contributed by atoms with Gasteiger partial charge in [0.25, 0.3) is 0 Å². The molecule has 0 unspecified atom stereocenters. The average molecular weight is 687 g/mol. The number of benzene rings is 5. The topological polar surface area (TPSA) is 18.5 Å². The molecule has 0 saturated carbocycles. The van der Waals surface area contributed by atoms with Gasteiger partial charge in [-0.15, -0.1) is 0 Å². The maximum Gasteiger partial charge on any atom is 0.119 e. The van der Waals surface area contributed by atoms with Crippen LogP contribution in [0.1, 0.15) is 110 Å². The van der Waals surface area contributed by atoms with E-state index in [2.05, 4.69) is 141 Å². The summed E-state index contributed by atoms with van der Waals surface area (Å²) in [6, 6.07) is 42.5. The van der Waals surface area contributed by atoms with E-state index in [4.69, 9.17) is 9.47 Å². The van der Waals surface area contributed by atoms with Gasteiger partial charge in [-0.1, -0.05) is 131 Å². The van der Waals surface area contributed by atoms with Gasteiger partial charge in [0, 0.05) is 22.3 Å². The molecule has 52 heavy (non-hydrogen) atoms. The highest BCUT2D eigenvalue weighted by molar-refractivity contribution is 5.49. The van der Waals surface area contributed by atoms with E-state index in [0.29, 0.717) is 0 Å². The number of ether oxygens (including phenoxy) is 2. The second-order valence-corrected chi connectivity index (χ2v) is 13.6. The van der Waals surface area contributed by atoms with Gasteiger partial charge in [-0.25, -0.2) is 0 Å². The van der Waals surface area contributed by atoms with Crippen molar-refractivity contribution in [2.75, 3.05) is 13.2 Å². The molecular weight excluding hydrogens is 633 g/mol. The summed E-state index contributed by atoms with van der Waals surface area (Å²) < 4.78 is 11.8. The minimum Gasteiger partial charge on any atom is -0.494 e. The molecule has 0 N–H and O–H groups in total. The van der Waals surface area contributed by atoms with Crippen molar-refractivity contribution in [3.63, 3.8) is 0 Å². The van der Waals surface area contributed by atoms with Gasteiger partial charge in [-0.2, -0.15) is 0 Å². The predicted molar refractivity (Wildman–Crippen MR) is 218 cm³/mol. The molecule has 0 aliphatic heterocycles. The van der Waals surface area contributed by atoms with Crippen LogP contribution in [0.2, 0.25) is 0 Å². The first-order chi connectivity index (χ1) is 25.7. The fourth-order valence-corrected chi connectivity index (χ4v) is 5.99. The monoisotopic (exact) mass is 686 g/mol. The molecule has 2 nitrogen and oxygen atoms in total. The van der Waals surface area contributed by atoms with Crippen LogP contribution in [-0.2, 0) is 25.7 Å². The maximum atomic E-state index is 5.89. The van der Waals surface area contributed by atoms with Crippen LogP contribution in [-0.4, -0.2) is 13.2 Å². The van der Waals surface area contributed by atoms with Gasteiger partial charge >= 0.3 is 0 Å². The van der Waals surface area contributed by atoms with E-state index in [-0.39, 0.29) is 0 Å². The van der Waals surface area contributed by atoms with Crippen molar-refractivity contribution in [1.82, 2.24) is 0 Å². The van der Waals surface area contributed by atoms with Crippen molar-refractivity contribution in [3.05, 3.63) is 166 Å². The Hall–Kier alpha value is -5.18. The zero-order valence-electron chi connectivity index (χ0n) is 31.3. The molecule has 0 spiro atoms. The SMILES string of the molecule is CCCCCCOc1ccc(CCc2ccc(C#Cc3cccc(C#Cc4ccc(CCc5ccc(OCCCCCC)cc5)cc4)c3)cc2)cc1. The van der Waals surface area contributed by atoms with Crippen molar-refractivity contribution < 1.29 is 9.47 Å². The predicted octanol–water partition coefficient (Wildman–Crippen LogP) is 12.0. The summed E-state index contributed by atoms with van der Waals surface area (Å²) in [5.41, 5.74) is 9.24. The molecule has 5 rings (SSSR count). The fraction of sp³-hybridized carbons (Fsp3) is 0.320. The summed E-state index contributed by atoms with van der Waals surface area (Å²) in [5, 5.41) is 0. The van der Waals surface area contributed by atoms with E-state index < -0.39 is 0 Å². The number of aryl methyl sites for hydroxylation is 4. The van der Waals surface area contributed by atoms with Crippen LogP contribution < -0.4 is 9.47 Å². The second kappa shape index (κ2) is 21.9. The lowest BCUT2D eigenvalue weighted by Gasteiger charge is -2.07. The Bertz CT molecular complexity index is 1740. The molecule has 0 radical (unpaired) electrons. The highest BCUT2D eigenvalue weighted by Gasteiger charge is 2.01. The molecule has 0 aliphatic carbocycles. The molecule has 2 heteroatoms. The second-order valence-electron chi connectivity index (χ2n) is 13.6. The van der Waals surface area contributed by atoms with E-state index in [1.165, 1.54) is 60.8 Å². The number of rotatable bonds is 18. The van der Waals surface area contributed by atoms with Crippen LogP contribution in [0.5, 0.6) is 11.5 Å². The van der Waals surface area contributed by atoms with E-state index >= 15 is 0 Å². The van der Waals surface area contributed by atoms with Crippen LogP contribution in [0.25, 0.3) is 0 Å². The van der Waals surface area contributed by atoms with Crippen molar-refractivity contribution >= 4 is 0 Å². The van der Waals surface area contributed by atoms with Crippen LogP contribution >= 0.6 is 0 Å². The largest absolute Gasteiger partial charge is 0.494 e. The Morgan fingerprint density at radius 3 is 1.08 bits per heavy atom. The molecule has 0 bridgehead atoms. The first-order valence-corrected chi connectivity index (χ1v) is 19.4. The third kappa shape index (κ3) is 13.9. The van der Waals surface area contributed by atoms with E-state index in [1.807, 2.05) is 18.2 Å². The smallest absolute Gasteiger partial charge is 0.119 e. The lowest BCUT2D eigenvalue weighted by Crippen LogP contribution is -1.97. The molecule has 0 saturated heterocycles. The van der Waals surface area contributed by atoms with E-state index in [1.54, 1.807) is 0 Å². The van der Waals surface area contributed by atoms with Gasteiger partial charge in [0.05, 0.1) is 13.2 Å². The van der Waals surface area contributed by atoms with Gasteiger partial charge in [0.2, 0.25) is 0 Å². The minimum absolute atomic E-state index is 0.803. The molecule has 0 heterocycles. The third-order valence-corrected chi connectivity index (χ3v) is 9.26. The first-order valence-electron chi connectivity index (χ1n) is 19.4. The summed E-state index contributed by atoms with van der Waals surface area (Å²) in [5.74, 6) is 15.2. The Morgan fingerprint density at radius 2 is 0.712 bits per heavy atom. The summed E-state index contributed by atoms with van der Waals surface area (Å²) in [6.45, 7) is 6.07. The van der Waals surface area contributed by atoms with Gasteiger partial charge in [0.15, 0.2) is 0 Å². The van der Waals surface area contributed by atoms with E-state index in [0.717, 1.165) is 85.5 Å². The van der Waals surface area contributed by atoms with Crippen LogP contribution in [0, 0.1) is 23.7 Å². The molecule has 0 aliphatic rings. The average Bonchev–Trinajstić information content (AvgIpc) is 3.19. The van der Waals surface area contributed by atoms with Crippen LogP contribution in [0.3, 0.4) is 0 Å². The lowest BCUT2D eigenvalue weighted by atomic mass is 10.0. The Morgan fingerprint density at radius 1 is 0.365 bits per heavy atom. The third-order valence-electron chi connectivity index (χ3n) is 9.26. The van der Waals surface area contributed by atoms with Crippen molar-refractivity contribution in [2.45, 2.75) is 90.9 Å². The Balaban J connectivity index is 1.05. The Kier molecular flexibility index (Phi) is 16.0. The first kappa shape index (κ1) is 38.1. The normalized spacial score (nSPS) is 10.5. The number of hydrogen-bond acceptors (Lipinski definition) is 2. The fourth-order valence-electron chi connectivity index (χ4n) is 5.99. The highest BCUT2D eigenvalue weighted by atomic mass is 16.5. The molecule has 0 atom stereocenters. The zero-order chi connectivity index (χ0) is 36.1. The van der Waals surface area contributed by atoms with Crippen LogP contribution in [0.4, 0.5) is 0 Å². The molecular formula is C50H54O2. The summed E-state index contributed by atoms with van der Waals surface area (Å²) in [4.78, 5) is 0. The van der Waals surface area contributed by atoms with Crippen LogP contribution in [0.15, 0.2) is 121 Å². The van der Waals surface area contributed by atoms with Gasteiger partial charge in [-0.05, 0) is 128 Å². The Labute approximate surface area is 313 Å². The minimum atomic E-state index is 0.803. The molecule has 0 fully saturated rings. The number of unbranched alkanes of at least 4 members (excludes halogenated alkanes) is 6. The lowest BCUT2D eigenvalue weighted by molar-refractivity contribution is 0.305. The highest BCUT2D eigenvalue weighted by Crippen LogP contribution is 2.17.